The van der Waals surface area contributed by atoms with Gasteiger partial charge >= 0.3 is 0 Å². The maximum Gasteiger partial charge on any atom is 0.262 e. The van der Waals surface area contributed by atoms with Crippen LogP contribution in [-0.4, -0.2) is 43.7 Å². The van der Waals surface area contributed by atoms with E-state index in [0.717, 1.165) is 10.7 Å². The lowest BCUT2D eigenvalue weighted by molar-refractivity contribution is -0.122. The number of primary amides is 1. The van der Waals surface area contributed by atoms with E-state index in [1.54, 1.807) is 0 Å². The Bertz CT molecular complexity index is 811. The van der Waals surface area contributed by atoms with Crippen molar-refractivity contribution in [3.05, 3.63) is 17.2 Å². The van der Waals surface area contributed by atoms with Crippen molar-refractivity contribution in [3.8, 4) is 5.75 Å². The fourth-order valence-corrected chi connectivity index (χ4v) is 5.07. The number of halogens is 1. The van der Waals surface area contributed by atoms with Gasteiger partial charge in [-0.15, -0.1) is 0 Å². The van der Waals surface area contributed by atoms with Gasteiger partial charge in [-0.2, -0.15) is 4.31 Å². The Kier molecular flexibility index (Phi) is 4.41. The number of nitrogens with one attached hydrogen (secondary N) is 1. The average Bonchev–Trinajstić information content (AvgIpc) is 2.53. The molecule has 8 nitrogen and oxygen atoms in total. The molecule has 3 rings (SSSR count). The molecule has 0 aromatic heterocycles. The van der Waals surface area contributed by atoms with Crippen molar-refractivity contribution >= 4 is 39.1 Å². The lowest BCUT2D eigenvalue weighted by Crippen LogP contribution is -2.50. The number of carbonyl (C=O) groups is 2. The molecule has 1 aromatic carbocycles. The van der Waals surface area contributed by atoms with Crippen LogP contribution in [0.2, 0.25) is 5.02 Å². The maximum atomic E-state index is 13.0. The third kappa shape index (κ3) is 2.94. The lowest BCUT2D eigenvalue weighted by atomic mass is 10.0. The van der Waals surface area contributed by atoms with Crippen molar-refractivity contribution in [1.82, 2.24) is 4.31 Å². The summed E-state index contributed by atoms with van der Waals surface area (Å²) in [4.78, 5) is 22.8. The standard InChI is InChI=1S/C14H16ClN3O5S/c15-8-5-9-11(23-7-13(19)17-9)6-12(8)24(21,22)18-4-2-1-3-10(18)14(16)20/h5-6,10H,1-4,7H2,(H2,16,20)(H,17,19)/t10-/m0/s1. The first-order valence-electron chi connectivity index (χ1n) is 7.38. The highest BCUT2D eigenvalue weighted by atomic mass is 35.5. The van der Waals surface area contributed by atoms with Crippen LogP contribution in [0.4, 0.5) is 5.69 Å². The van der Waals surface area contributed by atoms with Gasteiger partial charge in [0.15, 0.2) is 6.61 Å². The van der Waals surface area contributed by atoms with Gasteiger partial charge in [-0.3, -0.25) is 9.59 Å². The zero-order valence-electron chi connectivity index (χ0n) is 12.6. The molecule has 1 aromatic rings. The van der Waals surface area contributed by atoms with E-state index >= 15 is 0 Å². The molecule has 2 aliphatic heterocycles. The number of hydrogen-bond acceptors (Lipinski definition) is 5. The van der Waals surface area contributed by atoms with E-state index in [0.29, 0.717) is 18.5 Å². The van der Waals surface area contributed by atoms with Crippen LogP contribution in [0.3, 0.4) is 0 Å². The molecule has 1 saturated heterocycles. The number of anilines is 1. The minimum absolute atomic E-state index is 0.0617. The van der Waals surface area contributed by atoms with E-state index in [4.69, 9.17) is 22.1 Å². The summed E-state index contributed by atoms with van der Waals surface area (Å²) in [5.41, 5.74) is 5.65. The number of sulfonamides is 1. The first-order valence-corrected chi connectivity index (χ1v) is 9.20. The van der Waals surface area contributed by atoms with Crippen molar-refractivity contribution in [3.63, 3.8) is 0 Å². The van der Waals surface area contributed by atoms with Gasteiger partial charge in [0.2, 0.25) is 15.9 Å². The van der Waals surface area contributed by atoms with Gasteiger partial charge < -0.3 is 15.8 Å². The predicted molar refractivity (Wildman–Crippen MR) is 86.3 cm³/mol. The van der Waals surface area contributed by atoms with Crippen LogP contribution in [0.5, 0.6) is 5.75 Å². The van der Waals surface area contributed by atoms with Crippen molar-refractivity contribution < 1.29 is 22.7 Å². The van der Waals surface area contributed by atoms with E-state index in [1.165, 1.54) is 12.1 Å². The van der Waals surface area contributed by atoms with Crippen LogP contribution in [0.25, 0.3) is 0 Å². The first-order chi connectivity index (χ1) is 11.3. The molecular weight excluding hydrogens is 358 g/mol. The van der Waals surface area contributed by atoms with Gasteiger partial charge in [0, 0.05) is 12.6 Å². The molecule has 0 saturated carbocycles. The number of benzene rings is 1. The Labute approximate surface area is 143 Å². The molecule has 1 fully saturated rings. The molecule has 0 radical (unpaired) electrons. The molecule has 0 unspecified atom stereocenters. The van der Waals surface area contributed by atoms with Crippen molar-refractivity contribution in [1.29, 1.82) is 0 Å². The van der Waals surface area contributed by atoms with Crippen molar-refractivity contribution in [2.75, 3.05) is 18.5 Å². The van der Waals surface area contributed by atoms with Crippen LogP contribution in [0, 0.1) is 0 Å². The maximum absolute atomic E-state index is 13.0. The molecule has 2 heterocycles. The fourth-order valence-electron chi connectivity index (χ4n) is 2.88. The van der Waals surface area contributed by atoms with Gasteiger partial charge in [0.1, 0.15) is 16.7 Å². The summed E-state index contributed by atoms with van der Waals surface area (Å²) in [6.07, 6.45) is 1.74. The third-order valence-electron chi connectivity index (χ3n) is 4.04. The Hall–Kier alpha value is -1.84. The largest absolute Gasteiger partial charge is 0.482 e. The van der Waals surface area contributed by atoms with Crippen molar-refractivity contribution in [2.45, 2.75) is 30.2 Å². The zero-order chi connectivity index (χ0) is 17.5. The molecule has 2 amide bonds. The number of rotatable bonds is 3. The summed E-state index contributed by atoms with van der Waals surface area (Å²) < 4.78 is 32.3. The Morgan fingerprint density at radius 2 is 2.12 bits per heavy atom. The highest BCUT2D eigenvalue weighted by Crippen LogP contribution is 2.38. The number of fused-ring (bicyclic) bond motifs is 1. The Morgan fingerprint density at radius 1 is 1.38 bits per heavy atom. The van der Waals surface area contributed by atoms with E-state index in [2.05, 4.69) is 5.32 Å². The molecular formula is C14H16ClN3O5S. The smallest absolute Gasteiger partial charge is 0.262 e. The lowest BCUT2D eigenvalue weighted by Gasteiger charge is -2.33. The molecule has 0 bridgehead atoms. The second-order valence-electron chi connectivity index (χ2n) is 5.65. The number of ether oxygens (including phenoxy) is 1. The number of piperidine rings is 1. The van der Waals surface area contributed by atoms with Crippen LogP contribution in [0.15, 0.2) is 17.0 Å². The average molecular weight is 374 g/mol. The monoisotopic (exact) mass is 373 g/mol. The second-order valence-corrected chi connectivity index (χ2v) is 7.91. The molecule has 3 N–H and O–H groups in total. The molecule has 10 heteroatoms. The SMILES string of the molecule is NC(=O)[C@@H]1CCCCN1S(=O)(=O)c1cc2c(cc1Cl)NC(=O)CO2. The van der Waals surface area contributed by atoms with E-state index in [1.807, 2.05) is 0 Å². The number of amides is 2. The van der Waals surface area contributed by atoms with Gasteiger partial charge in [-0.05, 0) is 18.9 Å². The predicted octanol–water partition coefficient (Wildman–Crippen LogP) is 0.699. The third-order valence-corrected chi connectivity index (χ3v) is 6.41. The molecule has 0 spiro atoms. The van der Waals surface area contributed by atoms with Gasteiger partial charge in [0.25, 0.3) is 5.91 Å². The summed E-state index contributed by atoms with van der Waals surface area (Å²) >= 11 is 6.11. The highest BCUT2D eigenvalue weighted by Gasteiger charge is 2.38. The van der Waals surface area contributed by atoms with Crippen molar-refractivity contribution in [2.24, 2.45) is 5.73 Å². The number of nitrogens with two attached hydrogens (primary N) is 1. The summed E-state index contributed by atoms with van der Waals surface area (Å²) in [5.74, 6) is -0.819. The van der Waals surface area contributed by atoms with Gasteiger partial charge in [0.05, 0.1) is 10.7 Å². The zero-order valence-corrected chi connectivity index (χ0v) is 14.2. The van der Waals surface area contributed by atoms with E-state index in [9.17, 15) is 18.0 Å². The number of nitrogens with zero attached hydrogens (tertiary/aromatic N) is 1. The van der Waals surface area contributed by atoms with Gasteiger partial charge in [-0.1, -0.05) is 18.0 Å². The quantitative estimate of drug-likeness (QED) is 0.808. The van der Waals surface area contributed by atoms with Crippen LogP contribution in [-0.2, 0) is 19.6 Å². The minimum atomic E-state index is -4.03. The summed E-state index contributed by atoms with van der Waals surface area (Å²) in [6, 6.07) is 1.69. The summed E-state index contributed by atoms with van der Waals surface area (Å²) in [6.45, 7) is -0.0112. The minimum Gasteiger partial charge on any atom is -0.482 e. The first kappa shape index (κ1) is 17.0. The number of hydrogen-bond donors (Lipinski definition) is 2. The number of carbonyl (C=O) groups excluding carboxylic acids is 2. The molecule has 130 valence electrons. The molecule has 2 aliphatic rings. The molecule has 1 atom stereocenters. The van der Waals surface area contributed by atoms with Crippen LogP contribution in [0.1, 0.15) is 19.3 Å². The second kappa shape index (κ2) is 6.23. The van der Waals surface area contributed by atoms with Crippen LogP contribution < -0.4 is 15.8 Å². The Balaban J connectivity index is 2.03. The molecule has 24 heavy (non-hydrogen) atoms. The highest BCUT2D eigenvalue weighted by molar-refractivity contribution is 7.89. The van der Waals surface area contributed by atoms with E-state index < -0.39 is 22.0 Å². The van der Waals surface area contributed by atoms with Gasteiger partial charge in [-0.25, -0.2) is 8.42 Å². The molecule has 0 aliphatic carbocycles. The summed E-state index contributed by atoms with van der Waals surface area (Å²) in [5, 5.41) is 2.49. The normalized spacial score (nSPS) is 21.5. The Morgan fingerprint density at radius 3 is 2.83 bits per heavy atom. The fraction of sp³-hybridized carbons (Fsp3) is 0.429. The van der Waals surface area contributed by atoms with Crippen LogP contribution >= 0.6 is 11.6 Å². The van der Waals surface area contributed by atoms with E-state index in [-0.39, 0.29) is 34.7 Å². The summed E-state index contributed by atoms with van der Waals surface area (Å²) in [7, 11) is -4.03. The topological polar surface area (TPSA) is 119 Å².